The highest BCUT2D eigenvalue weighted by Crippen LogP contribution is 2.01. The maximum Gasteiger partial charge on any atom is 0.147 e. The van der Waals surface area contributed by atoms with Gasteiger partial charge >= 0.3 is 0 Å². The average Bonchev–Trinajstić information content (AvgIpc) is 2.88. The molecule has 0 radical (unpaired) electrons. The monoisotopic (exact) mass is 225 g/mol. The van der Waals surface area contributed by atoms with Gasteiger partial charge in [-0.15, -0.1) is 21.8 Å². The Morgan fingerprint density at radius 3 is 3.00 bits per heavy atom. The average molecular weight is 226 g/mol. The molecule has 0 aromatic carbocycles. The molecule has 0 saturated heterocycles. The molecule has 0 aliphatic heterocycles. The Morgan fingerprint density at radius 2 is 2.27 bits per heavy atom. The summed E-state index contributed by atoms with van der Waals surface area (Å²) in [5.74, 6) is 1.22. The normalized spacial score (nSPS) is 10.7. The van der Waals surface area contributed by atoms with Crippen molar-refractivity contribution in [2.24, 2.45) is 0 Å². The molecule has 0 bridgehead atoms. The van der Waals surface area contributed by atoms with E-state index in [9.17, 15) is 0 Å². The van der Waals surface area contributed by atoms with Crippen LogP contribution in [0.25, 0.3) is 0 Å². The Balaban J connectivity index is 1.83. The largest absolute Gasteiger partial charge is 0.317 e. The molecule has 80 valence electrons. The fraction of sp³-hybridized carbons (Fsp3) is 0.444. The molecule has 15 heavy (non-hydrogen) atoms. The predicted octanol–water partition coefficient (Wildman–Crippen LogP) is 1.30. The highest BCUT2D eigenvalue weighted by atomic mass is 35.5. The molecule has 2 rings (SSSR count). The first-order valence-corrected chi connectivity index (χ1v) is 5.33. The van der Waals surface area contributed by atoms with E-state index in [2.05, 4.69) is 15.3 Å². The summed E-state index contributed by atoms with van der Waals surface area (Å²) < 4.78 is 3.88. The lowest BCUT2D eigenvalue weighted by Gasteiger charge is -2.04. The fourth-order valence-corrected chi connectivity index (χ4v) is 1.61. The maximum atomic E-state index is 5.71. The van der Waals surface area contributed by atoms with Crippen molar-refractivity contribution in [2.75, 3.05) is 0 Å². The molecular formula is C9H12ClN5. The van der Waals surface area contributed by atoms with Crippen molar-refractivity contribution in [2.45, 2.75) is 25.4 Å². The number of rotatable bonds is 5. The van der Waals surface area contributed by atoms with Gasteiger partial charge in [0.25, 0.3) is 0 Å². The van der Waals surface area contributed by atoms with Gasteiger partial charge in [0.15, 0.2) is 0 Å². The second-order valence-electron chi connectivity index (χ2n) is 3.20. The minimum atomic E-state index is 0.405. The van der Waals surface area contributed by atoms with Gasteiger partial charge in [0.2, 0.25) is 0 Å². The standard InChI is InChI=1S/C9H12ClN5/c10-7-9-13-11-8-14(9)4-2-6-15-5-1-3-12-15/h1,3,5,8H,2,4,6-7H2. The third kappa shape index (κ3) is 2.56. The van der Waals surface area contributed by atoms with Crippen LogP contribution in [0, 0.1) is 0 Å². The third-order valence-electron chi connectivity index (χ3n) is 2.16. The number of hydrogen-bond acceptors (Lipinski definition) is 3. The Kier molecular flexibility index (Phi) is 3.34. The molecular weight excluding hydrogens is 214 g/mol. The quantitative estimate of drug-likeness (QED) is 0.721. The van der Waals surface area contributed by atoms with Gasteiger partial charge in [-0.1, -0.05) is 0 Å². The number of halogens is 1. The van der Waals surface area contributed by atoms with E-state index < -0.39 is 0 Å². The lowest BCUT2D eigenvalue weighted by molar-refractivity contribution is 0.520. The smallest absolute Gasteiger partial charge is 0.147 e. The predicted molar refractivity (Wildman–Crippen MR) is 56.4 cm³/mol. The molecule has 5 nitrogen and oxygen atoms in total. The van der Waals surface area contributed by atoms with Gasteiger partial charge in [-0.05, 0) is 12.5 Å². The summed E-state index contributed by atoms with van der Waals surface area (Å²) in [5.41, 5.74) is 0. The molecule has 2 heterocycles. The summed E-state index contributed by atoms with van der Waals surface area (Å²) in [6, 6.07) is 1.92. The molecule has 0 spiro atoms. The molecule has 2 aromatic rings. The van der Waals surface area contributed by atoms with Crippen LogP contribution in [0.3, 0.4) is 0 Å². The Hall–Kier alpha value is -1.36. The molecule has 0 amide bonds. The SMILES string of the molecule is ClCc1nncn1CCCn1cccn1. The van der Waals surface area contributed by atoms with Crippen molar-refractivity contribution in [1.29, 1.82) is 0 Å². The lowest BCUT2D eigenvalue weighted by Crippen LogP contribution is -2.06. The molecule has 0 atom stereocenters. The number of hydrogen-bond donors (Lipinski definition) is 0. The van der Waals surface area contributed by atoms with E-state index in [4.69, 9.17) is 11.6 Å². The van der Waals surface area contributed by atoms with Crippen LogP contribution >= 0.6 is 11.6 Å². The summed E-state index contributed by atoms with van der Waals surface area (Å²) in [5, 5.41) is 11.9. The van der Waals surface area contributed by atoms with Crippen molar-refractivity contribution < 1.29 is 0 Å². The van der Waals surface area contributed by atoms with Gasteiger partial charge in [0.05, 0.1) is 5.88 Å². The Labute approximate surface area is 92.7 Å². The van der Waals surface area contributed by atoms with E-state index >= 15 is 0 Å². The van der Waals surface area contributed by atoms with Crippen LogP contribution < -0.4 is 0 Å². The maximum absolute atomic E-state index is 5.71. The van der Waals surface area contributed by atoms with Crippen molar-refractivity contribution >= 4 is 11.6 Å². The minimum Gasteiger partial charge on any atom is -0.317 e. The van der Waals surface area contributed by atoms with Crippen LogP contribution in [-0.2, 0) is 19.0 Å². The van der Waals surface area contributed by atoms with Crippen LogP contribution in [0.2, 0.25) is 0 Å². The van der Waals surface area contributed by atoms with Crippen molar-refractivity contribution in [3.63, 3.8) is 0 Å². The van der Waals surface area contributed by atoms with Crippen LogP contribution in [0.1, 0.15) is 12.2 Å². The third-order valence-corrected chi connectivity index (χ3v) is 2.40. The number of aryl methyl sites for hydroxylation is 2. The van der Waals surface area contributed by atoms with Crippen molar-refractivity contribution in [3.05, 3.63) is 30.6 Å². The summed E-state index contributed by atoms with van der Waals surface area (Å²) >= 11 is 5.71. The summed E-state index contributed by atoms with van der Waals surface area (Å²) in [6.45, 7) is 1.77. The van der Waals surface area contributed by atoms with Gasteiger partial charge in [-0.2, -0.15) is 5.10 Å². The number of aromatic nitrogens is 5. The van der Waals surface area contributed by atoms with Crippen molar-refractivity contribution in [3.8, 4) is 0 Å². The molecule has 2 aromatic heterocycles. The molecule has 6 heteroatoms. The molecule has 0 N–H and O–H groups in total. The highest BCUT2D eigenvalue weighted by molar-refractivity contribution is 6.16. The van der Waals surface area contributed by atoms with E-state index in [0.29, 0.717) is 5.88 Å². The zero-order valence-corrected chi connectivity index (χ0v) is 9.01. The number of alkyl halides is 1. The van der Waals surface area contributed by atoms with E-state index in [1.807, 2.05) is 21.5 Å². The van der Waals surface area contributed by atoms with Crippen LogP contribution in [0.4, 0.5) is 0 Å². The first kappa shape index (κ1) is 10.2. The molecule has 0 saturated carbocycles. The molecule has 0 unspecified atom stereocenters. The first-order chi connectivity index (χ1) is 7.40. The highest BCUT2D eigenvalue weighted by Gasteiger charge is 2.01. The summed E-state index contributed by atoms with van der Waals surface area (Å²) in [7, 11) is 0. The van der Waals surface area contributed by atoms with Crippen LogP contribution in [0.15, 0.2) is 24.8 Å². The van der Waals surface area contributed by atoms with E-state index in [-0.39, 0.29) is 0 Å². The second-order valence-corrected chi connectivity index (χ2v) is 3.46. The van der Waals surface area contributed by atoms with Gasteiger partial charge in [-0.3, -0.25) is 4.68 Å². The topological polar surface area (TPSA) is 48.5 Å². The summed E-state index contributed by atoms with van der Waals surface area (Å²) in [4.78, 5) is 0. The Morgan fingerprint density at radius 1 is 1.33 bits per heavy atom. The molecule has 0 aliphatic carbocycles. The van der Waals surface area contributed by atoms with Gasteiger partial charge < -0.3 is 4.57 Å². The molecule has 0 fully saturated rings. The fourth-order valence-electron chi connectivity index (χ4n) is 1.40. The van der Waals surface area contributed by atoms with Gasteiger partial charge in [0, 0.05) is 25.5 Å². The second kappa shape index (κ2) is 4.93. The van der Waals surface area contributed by atoms with E-state index in [0.717, 1.165) is 25.3 Å². The van der Waals surface area contributed by atoms with Crippen molar-refractivity contribution in [1.82, 2.24) is 24.5 Å². The lowest BCUT2D eigenvalue weighted by atomic mass is 10.4. The van der Waals surface area contributed by atoms with E-state index in [1.54, 1.807) is 12.5 Å². The van der Waals surface area contributed by atoms with E-state index in [1.165, 1.54) is 0 Å². The number of nitrogens with zero attached hydrogens (tertiary/aromatic N) is 5. The van der Waals surface area contributed by atoms with Crippen LogP contribution in [-0.4, -0.2) is 24.5 Å². The zero-order chi connectivity index (χ0) is 10.5. The molecule has 0 aliphatic rings. The Bertz CT molecular complexity index is 394. The minimum absolute atomic E-state index is 0.405. The van der Waals surface area contributed by atoms with Gasteiger partial charge in [-0.25, -0.2) is 0 Å². The summed E-state index contributed by atoms with van der Waals surface area (Å²) in [6.07, 6.45) is 6.43. The zero-order valence-electron chi connectivity index (χ0n) is 8.25. The first-order valence-electron chi connectivity index (χ1n) is 4.80. The van der Waals surface area contributed by atoms with Gasteiger partial charge in [0.1, 0.15) is 12.2 Å². The van der Waals surface area contributed by atoms with Crippen LogP contribution in [0.5, 0.6) is 0 Å².